The van der Waals surface area contributed by atoms with Gasteiger partial charge in [0.2, 0.25) is 0 Å². The maximum atomic E-state index is 12.5. The Morgan fingerprint density at radius 3 is 1.36 bits per heavy atom. The fourth-order valence-corrected chi connectivity index (χ4v) is 6.19. The van der Waals surface area contributed by atoms with Gasteiger partial charge in [0.1, 0.15) is 6.61 Å². The van der Waals surface area contributed by atoms with Crippen molar-refractivity contribution in [3.05, 3.63) is 24.3 Å². The summed E-state index contributed by atoms with van der Waals surface area (Å²) in [5, 5.41) is 0. The first-order valence-corrected chi connectivity index (χ1v) is 21.9. The van der Waals surface area contributed by atoms with Crippen LogP contribution in [0.2, 0.25) is 0 Å². The van der Waals surface area contributed by atoms with Crippen LogP contribution in [0, 0.1) is 0 Å². The quantitative estimate of drug-likeness (QED) is 0.0361. The number of hydrogen-bond donors (Lipinski definition) is 0. The van der Waals surface area contributed by atoms with Gasteiger partial charge in [-0.15, -0.1) is 0 Å². The van der Waals surface area contributed by atoms with E-state index in [1.54, 1.807) is 0 Å². The number of ether oxygens (including phenoxy) is 3. The summed E-state index contributed by atoms with van der Waals surface area (Å²) < 4.78 is 17.2. The Morgan fingerprint density at radius 2 is 0.840 bits per heavy atom. The van der Waals surface area contributed by atoms with Gasteiger partial charge in [-0.2, -0.15) is 0 Å². The van der Waals surface area contributed by atoms with Crippen molar-refractivity contribution < 1.29 is 23.8 Å². The van der Waals surface area contributed by atoms with Crippen LogP contribution in [0.15, 0.2) is 24.3 Å². The van der Waals surface area contributed by atoms with Gasteiger partial charge in [0.05, 0.1) is 6.61 Å². The summed E-state index contributed by atoms with van der Waals surface area (Å²) in [5.74, 6) is -0.417. The monoisotopic (exact) mass is 705 g/mol. The molecule has 0 rings (SSSR count). The summed E-state index contributed by atoms with van der Waals surface area (Å²) >= 11 is 0. The van der Waals surface area contributed by atoms with E-state index >= 15 is 0 Å². The van der Waals surface area contributed by atoms with Crippen molar-refractivity contribution in [3.8, 4) is 0 Å². The van der Waals surface area contributed by atoms with Crippen molar-refractivity contribution >= 4 is 11.9 Å². The molecular weight excluding hydrogens is 620 g/mol. The second kappa shape index (κ2) is 41.8. The van der Waals surface area contributed by atoms with Crippen molar-refractivity contribution in [2.75, 3.05) is 19.8 Å². The van der Waals surface area contributed by atoms with E-state index in [2.05, 4.69) is 45.1 Å². The van der Waals surface area contributed by atoms with Gasteiger partial charge in [-0.1, -0.05) is 186 Å². The molecule has 0 aliphatic rings. The number of hydrogen-bond acceptors (Lipinski definition) is 5. The third kappa shape index (κ3) is 39.2. The molecule has 0 amide bonds. The Kier molecular flexibility index (Phi) is 40.4. The average molecular weight is 705 g/mol. The van der Waals surface area contributed by atoms with Crippen LogP contribution in [0.1, 0.15) is 226 Å². The number of esters is 2. The molecule has 0 radical (unpaired) electrons. The fraction of sp³-hybridized carbons (Fsp3) is 0.867. The minimum atomic E-state index is -0.529. The largest absolute Gasteiger partial charge is 0.462 e. The van der Waals surface area contributed by atoms with E-state index in [9.17, 15) is 9.59 Å². The second-order valence-corrected chi connectivity index (χ2v) is 14.6. The summed E-state index contributed by atoms with van der Waals surface area (Å²) in [7, 11) is 0. The van der Waals surface area contributed by atoms with E-state index in [0.29, 0.717) is 19.4 Å². The predicted molar refractivity (Wildman–Crippen MR) is 215 cm³/mol. The standard InChI is InChI=1S/C45H84O5/c1-4-7-10-13-15-17-19-21-23-24-26-28-30-33-35-38-44(46)49-42-43(50-45(47)39-36-32-12-9-6-3)41-48-40-37-34-31-29-27-25-22-20-18-16-14-11-8-5-2/h15,17,21,23,43H,4-14,16,18-20,22,24-42H2,1-3H3/b17-15-,23-21-. The second-order valence-electron chi connectivity index (χ2n) is 14.6. The molecule has 0 heterocycles. The molecule has 0 spiro atoms. The lowest BCUT2D eigenvalue weighted by Crippen LogP contribution is -2.30. The smallest absolute Gasteiger partial charge is 0.306 e. The van der Waals surface area contributed by atoms with Crippen LogP contribution >= 0.6 is 0 Å². The molecule has 0 aromatic rings. The Bertz CT molecular complexity index is 761. The molecule has 0 N–H and O–H groups in total. The van der Waals surface area contributed by atoms with Gasteiger partial charge < -0.3 is 14.2 Å². The zero-order valence-corrected chi connectivity index (χ0v) is 33.7. The summed E-state index contributed by atoms with van der Waals surface area (Å²) in [5.41, 5.74) is 0. The lowest BCUT2D eigenvalue weighted by Gasteiger charge is -2.18. The number of allylic oxidation sites excluding steroid dienone is 4. The molecular formula is C45H84O5. The van der Waals surface area contributed by atoms with Gasteiger partial charge in [-0.05, 0) is 51.4 Å². The molecule has 5 heteroatoms. The predicted octanol–water partition coefficient (Wildman–Crippen LogP) is 14.1. The summed E-state index contributed by atoms with van der Waals surface area (Å²) in [6.07, 6.45) is 46.2. The molecule has 0 aromatic carbocycles. The van der Waals surface area contributed by atoms with E-state index in [1.165, 1.54) is 135 Å². The van der Waals surface area contributed by atoms with Crippen molar-refractivity contribution in [1.82, 2.24) is 0 Å². The van der Waals surface area contributed by atoms with Crippen molar-refractivity contribution in [1.29, 1.82) is 0 Å². The molecule has 0 bridgehead atoms. The molecule has 0 aliphatic carbocycles. The third-order valence-corrected chi connectivity index (χ3v) is 9.49. The van der Waals surface area contributed by atoms with E-state index in [1.807, 2.05) is 0 Å². The Morgan fingerprint density at radius 1 is 0.440 bits per heavy atom. The normalized spacial score (nSPS) is 12.3. The third-order valence-electron chi connectivity index (χ3n) is 9.49. The SMILES string of the molecule is CCCCC/C=C\C/C=C\CCCCCCCC(=O)OCC(COCCCCCCCCCCCCCCCC)OC(=O)CCCCCCC. The Hall–Kier alpha value is -1.62. The minimum Gasteiger partial charge on any atom is -0.462 e. The van der Waals surface area contributed by atoms with Crippen LogP contribution in [0.25, 0.3) is 0 Å². The number of rotatable bonds is 40. The molecule has 1 atom stereocenters. The highest BCUT2D eigenvalue weighted by molar-refractivity contribution is 5.70. The first kappa shape index (κ1) is 48.4. The molecule has 0 aliphatic heterocycles. The topological polar surface area (TPSA) is 61.8 Å². The highest BCUT2D eigenvalue weighted by Crippen LogP contribution is 2.14. The van der Waals surface area contributed by atoms with Crippen LogP contribution in [0.4, 0.5) is 0 Å². The summed E-state index contributed by atoms with van der Waals surface area (Å²) in [6.45, 7) is 7.74. The molecule has 0 saturated carbocycles. The van der Waals surface area contributed by atoms with Gasteiger partial charge in [-0.25, -0.2) is 0 Å². The highest BCUT2D eigenvalue weighted by Gasteiger charge is 2.17. The van der Waals surface area contributed by atoms with Crippen molar-refractivity contribution in [2.24, 2.45) is 0 Å². The number of carbonyl (C=O) groups excluding carboxylic acids is 2. The molecule has 1 unspecified atom stereocenters. The van der Waals surface area contributed by atoms with Crippen LogP contribution in [-0.2, 0) is 23.8 Å². The first-order chi connectivity index (χ1) is 24.6. The van der Waals surface area contributed by atoms with Gasteiger partial charge in [-0.3, -0.25) is 9.59 Å². The first-order valence-electron chi connectivity index (χ1n) is 21.9. The molecule has 294 valence electrons. The van der Waals surface area contributed by atoms with E-state index < -0.39 is 6.10 Å². The molecule has 5 nitrogen and oxygen atoms in total. The zero-order valence-electron chi connectivity index (χ0n) is 33.7. The lowest BCUT2D eigenvalue weighted by atomic mass is 10.0. The van der Waals surface area contributed by atoms with Gasteiger partial charge in [0, 0.05) is 19.4 Å². The van der Waals surface area contributed by atoms with Crippen LogP contribution in [0.5, 0.6) is 0 Å². The lowest BCUT2D eigenvalue weighted by molar-refractivity contribution is -0.163. The maximum Gasteiger partial charge on any atom is 0.306 e. The van der Waals surface area contributed by atoms with Crippen LogP contribution < -0.4 is 0 Å². The van der Waals surface area contributed by atoms with E-state index in [0.717, 1.165) is 57.8 Å². The van der Waals surface area contributed by atoms with Gasteiger partial charge in [0.15, 0.2) is 6.10 Å². The average Bonchev–Trinajstić information content (AvgIpc) is 3.11. The van der Waals surface area contributed by atoms with E-state index in [-0.39, 0.29) is 25.2 Å². The van der Waals surface area contributed by atoms with Gasteiger partial charge in [0.25, 0.3) is 0 Å². The molecule has 0 aromatic heterocycles. The highest BCUT2D eigenvalue weighted by atomic mass is 16.6. The molecule has 0 saturated heterocycles. The zero-order chi connectivity index (χ0) is 36.4. The van der Waals surface area contributed by atoms with Crippen molar-refractivity contribution in [3.63, 3.8) is 0 Å². The van der Waals surface area contributed by atoms with Crippen LogP contribution in [-0.4, -0.2) is 37.9 Å². The minimum absolute atomic E-state index is 0.0827. The number of carbonyl (C=O) groups is 2. The molecule has 50 heavy (non-hydrogen) atoms. The molecule has 0 fully saturated rings. The van der Waals surface area contributed by atoms with E-state index in [4.69, 9.17) is 14.2 Å². The fourth-order valence-electron chi connectivity index (χ4n) is 6.19. The summed E-state index contributed by atoms with van der Waals surface area (Å²) in [6, 6.07) is 0. The Labute approximate surface area is 311 Å². The Balaban J connectivity index is 4.07. The van der Waals surface area contributed by atoms with Gasteiger partial charge >= 0.3 is 11.9 Å². The van der Waals surface area contributed by atoms with Crippen LogP contribution in [0.3, 0.4) is 0 Å². The maximum absolute atomic E-state index is 12.5. The number of unbranched alkanes of at least 4 members (excludes halogenated alkanes) is 25. The summed E-state index contributed by atoms with van der Waals surface area (Å²) in [4.78, 5) is 25.0. The van der Waals surface area contributed by atoms with Crippen molar-refractivity contribution in [2.45, 2.75) is 232 Å².